The van der Waals surface area contributed by atoms with Crippen molar-refractivity contribution in [2.45, 2.75) is 9.24 Å². The summed E-state index contributed by atoms with van der Waals surface area (Å²) in [7, 11) is 0. The van der Waals surface area contributed by atoms with Gasteiger partial charge in [0.15, 0.2) is 4.34 Å². The normalized spacial score (nSPS) is 10.9. The van der Waals surface area contributed by atoms with Gasteiger partial charge >= 0.3 is 0 Å². The van der Waals surface area contributed by atoms with Gasteiger partial charge in [0.25, 0.3) is 0 Å². The number of nitrogens with zero attached hydrogens (tertiary/aromatic N) is 1. The van der Waals surface area contributed by atoms with Crippen LogP contribution in [0, 0.1) is 6.07 Å². The molecule has 0 saturated heterocycles. The van der Waals surface area contributed by atoms with Gasteiger partial charge in [-0.1, -0.05) is 35.5 Å². The van der Waals surface area contributed by atoms with Crippen LogP contribution in [0.25, 0.3) is 10.2 Å². The van der Waals surface area contributed by atoms with Crippen LogP contribution in [0.1, 0.15) is 0 Å². The van der Waals surface area contributed by atoms with E-state index in [0.29, 0.717) is 0 Å². The van der Waals surface area contributed by atoms with Crippen LogP contribution in [0.15, 0.2) is 51.7 Å². The Kier molecular flexibility index (Phi) is 3.05. The van der Waals surface area contributed by atoms with Gasteiger partial charge in [0, 0.05) is 9.92 Å². The third-order valence-electron chi connectivity index (χ3n) is 2.22. The van der Waals surface area contributed by atoms with Crippen LogP contribution >= 0.6 is 34.7 Å². The van der Waals surface area contributed by atoms with Crippen molar-refractivity contribution in [2.24, 2.45) is 0 Å². The van der Waals surface area contributed by atoms with Gasteiger partial charge in [-0.05, 0) is 36.4 Å². The van der Waals surface area contributed by atoms with Crippen LogP contribution in [0.2, 0.25) is 5.02 Å². The summed E-state index contributed by atoms with van der Waals surface area (Å²) in [6.07, 6.45) is 0. The van der Waals surface area contributed by atoms with E-state index in [0.717, 1.165) is 14.9 Å². The summed E-state index contributed by atoms with van der Waals surface area (Å²) in [5.74, 6) is 0. The first-order valence-electron chi connectivity index (χ1n) is 5.01. The number of hydrogen-bond acceptors (Lipinski definition) is 3. The van der Waals surface area contributed by atoms with Crippen LogP contribution in [-0.4, -0.2) is 4.98 Å². The van der Waals surface area contributed by atoms with Crippen molar-refractivity contribution < 1.29 is 0 Å². The number of fused-ring (bicyclic) bond motifs is 1. The van der Waals surface area contributed by atoms with Crippen LogP contribution in [0.3, 0.4) is 0 Å². The smallest absolute Gasteiger partial charge is 0.155 e. The Morgan fingerprint density at radius 1 is 1.18 bits per heavy atom. The first-order chi connectivity index (χ1) is 8.31. The van der Waals surface area contributed by atoms with E-state index in [-0.39, 0.29) is 0 Å². The molecule has 17 heavy (non-hydrogen) atoms. The predicted octanol–water partition coefficient (Wildman–Crippen LogP) is 4.90. The summed E-state index contributed by atoms with van der Waals surface area (Å²) >= 11 is 9.29. The fraction of sp³-hybridized carbons (Fsp3) is 0. The minimum atomic E-state index is 0.730. The number of halogens is 1. The summed E-state index contributed by atoms with van der Waals surface area (Å²) in [6.45, 7) is 0. The molecule has 83 valence electrons. The van der Waals surface area contributed by atoms with Crippen molar-refractivity contribution in [3.05, 3.63) is 53.6 Å². The zero-order valence-corrected chi connectivity index (χ0v) is 11.1. The Bertz CT molecular complexity index is 649. The van der Waals surface area contributed by atoms with Gasteiger partial charge in [-0.25, -0.2) is 4.98 Å². The van der Waals surface area contributed by atoms with Crippen LogP contribution in [0.4, 0.5) is 0 Å². The molecule has 3 aromatic rings. The molecule has 1 aromatic heterocycles. The lowest BCUT2D eigenvalue weighted by Gasteiger charge is -1.94. The molecule has 0 N–H and O–H groups in total. The lowest BCUT2D eigenvalue weighted by molar-refractivity contribution is 1.29. The highest BCUT2D eigenvalue weighted by atomic mass is 35.5. The van der Waals surface area contributed by atoms with Gasteiger partial charge in [-0.3, -0.25) is 0 Å². The number of benzene rings is 2. The number of rotatable bonds is 2. The van der Waals surface area contributed by atoms with Gasteiger partial charge in [0.05, 0.1) is 10.2 Å². The van der Waals surface area contributed by atoms with Gasteiger partial charge in [0.2, 0.25) is 0 Å². The van der Waals surface area contributed by atoms with E-state index in [2.05, 4.69) is 11.1 Å². The molecule has 0 bridgehead atoms. The third kappa shape index (κ3) is 2.46. The van der Waals surface area contributed by atoms with Crippen molar-refractivity contribution in [1.29, 1.82) is 0 Å². The van der Waals surface area contributed by atoms with Gasteiger partial charge in [-0.15, -0.1) is 11.3 Å². The molecule has 1 radical (unpaired) electrons. The first-order valence-corrected chi connectivity index (χ1v) is 7.02. The summed E-state index contributed by atoms with van der Waals surface area (Å²) < 4.78 is 2.20. The Balaban J connectivity index is 1.96. The van der Waals surface area contributed by atoms with Gasteiger partial charge in [-0.2, -0.15) is 0 Å². The van der Waals surface area contributed by atoms with E-state index in [4.69, 9.17) is 11.6 Å². The largest absolute Gasteiger partial charge is 0.229 e. The van der Waals surface area contributed by atoms with Crippen molar-refractivity contribution in [1.82, 2.24) is 4.98 Å². The molecule has 0 saturated carbocycles. The summed E-state index contributed by atoms with van der Waals surface area (Å²) in [5, 5.41) is 0.730. The topological polar surface area (TPSA) is 12.9 Å². The van der Waals surface area contributed by atoms with Crippen molar-refractivity contribution in [2.75, 3.05) is 0 Å². The van der Waals surface area contributed by atoms with Crippen LogP contribution < -0.4 is 0 Å². The Hall–Kier alpha value is -1.03. The number of hydrogen-bond donors (Lipinski definition) is 0. The maximum Gasteiger partial charge on any atom is 0.155 e. The highest BCUT2D eigenvalue weighted by molar-refractivity contribution is 8.01. The molecule has 1 heterocycles. The van der Waals surface area contributed by atoms with E-state index < -0.39 is 0 Å². The van der Waals surface area contributed by atoms with E-state index in [9.17, 15) is 0 Å². The van der Waals surface area contributed by atoms with Crippen molar-refractivity contribution in [3.8, 4) is 0 Å². The molecule has 1 nitrogen and oxygen atoms in total. The zero-order valence-electron chi connectivity index (χ0n) is 8.68. The second kappa shape index (κ2) is 4.69. The van der Waals surface area contributed by atoms with E-state index in [1.165, 1.54) is 9.60 Å². The second-order valence-electron chi connectivity index (χ2n) is 3.43. The fourth-order valence-corrected chi connectivity index (χ4v) is 3.65. The lowest BCUT2D eigenvalue weighted by atomic mass is 10.3. The quantitative estimate of drug-likeness (QED) is 0.660. The van der Waals surface area contributed by atoms with E-state index in [1.807, 2.05) is 42.5 Å². The molecule has 0 atom stereocenters. The maximum atomic E-state index is 5.94. The number of thiazole rings is 1. The maximum absolute atomic E-state index is 5.94. The Labute approximate surface area is 112 Å². The molecule has 0 unspecified atom stereocenters. The summed E-state index contributed by atoms with van der Waals surface area (Å²) in [6, 6.07) is 16.7. The second-order valence-corrected chi connectivity index (χ2v) is 6.22. The zero-order chi connectivity index (χ0) is 11.7. The van der Waals surface area contributed by atoms with Crippen molar-refractivity contribution in [3.63, 3.8) is 0 Å². The van der Waals surface area contributed by atoms with Crippen LogP contribution in [0.5, 0.6) is 0 Å². The fourth-order valence-electron chi connectivity index (χ4n) is 1.46. The molecule has 3 rings (SSSR count). The predicted molar refractivity (Wildman–Crippen MR) is 74.0 cm³/mol. The van der Waals surface area contributed by atoms with Crippen LogP contribution in [-0.2, 0) is 0 Å². The minimum absolute atomic E-state index is 0.730. The molecule has 2 aromatic carbocycles. The van der Waals surface area contributed by atoms with E-state index in [1.54, 1.807) is 23.1 Å². The average Bonchev–Trinajstić information content (AvgIpc) is 2.71. The van der Waals surface area contributed by atoms with Gasteiger partial charge in [0.1, 0.15) is 0 Å². The summed E-state index contributed by atoms with van der Waals surface area (Å²) in [5.41, 5.74) is 0.965. The summed E-state index contributed by atoms with van der Waals surface area (Å²) in [4.78, 5) is 5.73. The highest BCUT2D eigenvalue weighted by Crippen LogP contribution is 2.34. The molecular formula is C13H7ClNS2. The molecule has 0 spiro atoms. The Morgan fingerprint density at radius 2 is 2.00 bits per heavy atom. The van der Waals surface area contributed by atoms with Crippen molar-refractivity contribution >= 4 is 44.9 Å². The minimum Gasteiger partial charge on any atom is -0.229 e. The molecule has 0 fully saturated rings. The molecular weight excluding hydrogens is 270 g/mol. The molecule has 0 aliphatic rings. The number of aromatic nitrogens is 1. The molecule has 0 aliphatic carbocycles. The molecule has 4 heteroatoms. The monoisotopic (exact) mass is 276 g/mol. The van der Waals surface area contributed by atoms with Gasteiger partial charge < -0.3 is 0 Å². The SMILES string of the molecule is Clc1ccc2sc(Sc3cc[c]cc3)nc2c1. The average molecular weight is 277 g/mol. The first kappa shape index (κ1) is 11.1. The third-order valence-corrected chi connectivity index (χ3v) is 4.56. The highest BCUT2D eigenvalue weighted by Gasteiger charge is 2.05. The lowest BCUT2D eigenvalue weighted by Crippen LogP contribution is -1.71. The Morgan fingerprint density at radius 3 is 2.82 bits per heavy atom. The molecule has 0 amide bonds. The standard InChI is InChI=1S/C13H7ClNS2/c14-9-6-7-12-11(8-9)15-13(17-12)16-10-4-2-1-3-5-10/h2-8H. The molecule has 0 aliphatic heterocycles. The van der Waals surface area contributed by atoms with E-state index >= 15 is 0 Å².